The van der Waals surface area contributed by atoms with Crippen LogP contribution < -0.4 is 5.32 Å². The van der Waals surface area contributed by atoms with Gasteiger partial charge in [0.1, 0.15) is 0 Å². The summed E-state index contributed by atoms with van der Waals surface area (Å²) in [5.74, 6) is 0. The predicted octanol–water partition coefficient (Wildman–Crippen LogP) is 3.66. The summed E-state index contributed by atoms with van der Waals surface area (Å²) in [6.07, 6.45) is 6.75. The molecule has 1 N–H and O–H groups in total. The maximum atomic E-state index is 3.77. The van der Waals surface area contributed by atoms with Crippen molar-refractivity contribution >= 4 is 0 Å². The summed E-state index contributed by atoms with van der Waals surface area (Å²) in [6, 6.07) is 2.06. The summed E-state index contributed by atoms with van der Waals surface area (Å²) in [5.41, 5.74) is 0.363. The fraction of sp³-hybridized carbons (Fsp3) is 1.00. The molecule has 1 aliphatic carbocycles. The van der Waals surface area contributed by atoms with Gasteiger partial charge in [0.15, 0.2) is 0 Å². The Labute approximate surface area is 115 Å². The molecule has 18 heavy (non-hydrogen) atoms. The fourth-order valence-corrected chi connectivity index (χ4v) is 3.06. The lowest BCUT2D eigenvalue weighted by Gasteiger charge is -2.45. The molecule has 0 spiro atoms. The SMILES string of the molecule is CCCNC1CCCCC1N(C)C(C)C(C)(C)C. The average molecular weight is 254 g/mol. The summed E-state index contributed by atoms with van der Waals surface area (Å²) in [5, 5.41) is 3.77. The minimum atomic E-state index is 0.363. The Kier molecular flexibility index (Phi) is 6.13. The Morgan fingerprint density at radius 1 is 1.22 bits per heavy atom. The highest BCUT2D eigenvalue weighted by molar-refractivity contribution is 4.91. The highest BCUT2D eigenvalue weighted by atomic mass is 15.2. The van der Waals surface area contributed by atoms with Gasteiger partial charge in [-0.25, -0.2) is 0 Å². The second-order valence-electron chi connectivity index (χ2n) is 7.12. The van der Waals surface area contributed by atoms with Crippen LogP contribution in [0.4, 0.5) is 0 Å². The molecule has 1 aliphatic rings. The van der Waals surface area contributed by atoms with Gasteiger partial charge in [-0.1, -0.05) is 40.5 Å². The van der Waals surface area contributed by atoms with E-state index in [2.05, 4.69) is 51.9 Å². The molecule has 0 saturated heterocycles. The van der Waals surface area contributed by atoms with Crippen LogP contribution in [0.1, 0.15) is 66.7 Å². The van der Waals surface area contributed by atoms with Gasteiger partial charge in [0.25, 0.3) is 0 Å². The van der Waals surface area contributed by atoms with Crippen molar-refractivity contribution < 1.29 is 0 Å². The molecule has 1 saturated carbocycles. The van der Waals surface area contributed by atoms with E-state index in [9.17, 15) is 0 Å². The molecule has 1 fully saturated rings. The van der Waals surface area contributed by atoms with Gasteiger partial charge in [-0.15, -0.1) is 0 Å². The van der Waals surface area contributed by atoms with Crippen LogP contribution in [0.3, 0.4) is 0 Å². The van der Waals surface area contributed by atoms with Crippen LogP contribution in [0.5, 0.6) is 0 Å². The zero-order valence-electron chi connectivity index (χ0n) is 13.4. The molecule has 0 aromatic heterocycles. The summed E-state index contributed by atoms with van der Waals surface area (Å²) < 4.78 is 0. The number of nitrogens with zero attached hydrogens (tertiary/aromatic N) is 1. The molecule has 2 heteroatoms. The zero-order valence-corrected chi connectivity index (χ0v) is 13.4. The normalized spacial score (nSPS) is 27.5. The van der Waals surface area contributed by atoms with Crippen molar-refractivity contribution in [2.24, 2.45) is 5.41 Å². The molecule has 0 radical (unpaired) electrons. The highest BCUT2D eigenvalue weighted by Crippen LogP contribution is 2.30. The fourth-order valence-electron chi connectivity index (χ4n) is 3.06. The van der Waals surface area contributed by atoms with Gasteiger partial charge in [0.05, 0.1) is 0 Å². The van der Waals surface area contributed by atoms with Gasteiger partial charge >= 0.3 is 0 Å². The molecule has 0 aliphatic heterocycles. The van der Waals surface area contributed by atoms with Crippen LogP contribution in [-0.4, -0.2) is 36.6 Å². The quantitative estimate of drug-likeness (QED) is 0.805. The van der Waals surface area contributed by atoms with Crippen LogP contribution in [0.15, 0.2) is 0 Å². The first-order chi connectivity index (χ1) is 8.38. The average Bonchev–Trinajstić information content (AvgIpc) is 2.33. The largest absolute Gasteiger partial charge is 0.312 e. The summed E-state index contributed by atoms with van der Waals surface area (Å²) in [6.45, 7) is 12.9. The number of nitrogens with one attached hydrogen (secondary N) is 1. The molecule has 108 valence electrons. The smallest absolute Gasteiger partial charge is 0.0249 e. The third kappa shape index (κ3) is 4.24. The number of rotatable bonds is 5. The Bertz CT molecular complexity index is 232. The van der Waals surface area contributed by atoms with Gasteiger partial charge in [-0.2, -0.15) is 0 Å². The molecule has 0 aromatic carbocycles. The van der Waals surface area contributed by atoms with E-state index in [0.717, 1.165) is 6.04 Å². The molecule has 1 rings (SSSR count). The van der Waals surface area contributed by atoms with E-state index in [1.807, 2.05) is 0 Å². The van der Waals surface area contributed by atoms with Crippen LogP contribution in [0, 0.1) is 5.41 Å². The Balaban J connectivity index is 2.64. The lowest BCUT2D eigenvalue weighted by molar-refractivity contribution is 0.0589. The Hall–Kier alpha value is -0.0800. The third-order valence-corrected chi connectivity index (χ3v) is 4.77. The monoisotopic (exact) mass is 254 g/mol. The van der Waals surface area contributed by atoms with E-state index in [1.54, 1.807) is 0 Å². The zero-order chi connectivity index (χ0) is 13.8. The van der Waals surface area contributed by atoms with Crippen molar-refractivity contribution in [3.63, 3.8) is 0 Å². The van der Waals surface area contributed by atoms with Gasteiger partial charge in [-0.05, 0) is 45.2 Å². The Morgan fingerprint density at radius 3 is 2.39 bits per heavy atom. The molecule has 0 heterocycles. The highest BCUT2D eigenvalue weighted by Gasteiger charge is 2.33. The molecule has 3 unspecified atom stereocenters. The first kappa shape index (κ1) is 16.0. The summed E-state index contributed by atoms with van der Waals surface area (Å²) in [4.78, 5) is 2.63. The lowest BCUT2D eigenvalue weighted by Crippen LogP contribution is -2.55. The van der Waals surface area contributed by atoms with E-state index in [1.165, 1.54) is 38.6 Å². The third-order valence-electron chi connectivity index (χ3n) is 4.77. The van der Waals surface area contributed by atoms with E-state index in [4.69, 9.17) is 0 Å². The van der Waals surface area contributed by atoms with E-state index in [-0.39, 0.29) is 0 Å². The molecular formula is C16H34N2. The molecule has 0 bridgehead atoms. The van der Waals surface area contributed by atoms with Gasteiger partial charge < -0.3 is 5.32 Å². The first-order valence-electron chi connectivity index (χ1n) is 7.83. The number of likely N-dealkylation sites (N-methyl/N-ethyl adjacent to an activating group) is 1. The first-order valence-corrected chi connectivity index (χ1v) is 7.83. The minimum Gasteiger partial charge on any atom is -0.312 e. The minimum absolute atomic E-state index is 0.363. The second-order valence-corrected chi connectivity index (χ2v) is 7.12. The van der Waals surface area contributed by atoms with Crippen molar-refractivity contribution in [1.29, 1.82) is 0 Å². The maximum Gasteiger partial charge on any atom is 0.0249 e. The van der Waals surface area contributed by atoms with Crippen molar-refractivity contribution in [2.75, 3.05) is 13.6 Å². The van der Waals surface area contributed by atoms with Crippen molar-refractivity contribution in [2.45, 2.75) is 84.8 Å². The van der Waals surface area contributed by atoms with Crippen molar-refractivity contribution in [3.8, 4) is 0 Å². The molecule has 0 aromatic rings. The molecule has 2 nitrogen and oxygen atoms in total. The van der Waals surface area contributed by atoms with Gasteiger partial charge in [0.2, 0.25) is 0 Å². The second kappa shape index (κ2) is 6.91. The van der Waals surface area contributed by atoms with E-state index >= 15 is 0 Å². The standard InChI is InChI=1S/C16H34N2/c1-7-12-17-14-10-8-9-11-15(14)18(6)13(2)16(3,4)5/h13-15,17H,7-12H2,1-6H3. The lowest BCUT2D eigenvalue weighted by atomic mass is 9.83. The predicted molar refractivity (Wildman–Crippen MR) is 81.0 cm³/mol. The van der Waals surface area contributed by atoms with E-state index in [0.29, 0.717) is 17.5 Å². The topological polar surface area (TPSA) is 15.3 Å². The van der Waals surface area contributed by atoms with Crippen molar-refractivity contribution in [3.05, 3.63) is 0 Å². The molecule has 3 atom stereocenters. The summed E-state index contributed by atoms with van der Waals surface area (Å²) in [7, 11) is 2.33. The number of hydrogen-bond donors (Lipinski definition) is 1. The maximum absolute atomic E-state index is 3.77. The number of hydrogen-bond acceptors (Lipinski definition) is 2. The molecule has 0 amide bonds. The van der Waals surface area contributed by atoms with Crippen LogP contribution in [-0.2, 0) is 0 Å². The Morgan fingerprint density at radius 2 is 1.83 bits per heavy atom. The van der Waals surface area contributed by atoms with Gasteiger partial charge in [0, 0.05) is 18.1 Å². The van der Waals surface area contributed by atoms with Crippen LogP contribution in [0.25, 0.3) is 0 Å². The van der Waals surface area contributed by atoms with E-state index < -0.39 is 0 Å². The van der Waals surface area contributed by atoms with Crippen LogP contribution in [0.2, 0.25) is 0 Å². The van der Waals surface area contributed by atoms with Crippen LogP contribution >= 0.6 is 0 Å². The molecular weight excluding hydrogens is 220 g/mol. The van der Waals surface area contributed by atoms with Crippen molar-refractivity contribution in [1.82, 2.24) is 10.2 Å². The van der Waals surface area contributed by atoms with Gasteiger partial charge in [-0.3, -0.25) is 4.90 Å². The summed E-state index contributed by atoms with van der Waals surface area (Å²) >= 11 is 0.